The van der Waals surface area contributed by atoms with Crippen molar-refractivity contribution in [3.05, 3.63) is 36.0 Å². The molecule has 3 unspecified atom stereocenters. The molecular weight excluding hydrogens is 574 g/mol. The largest absolute Gasteiger partial charge is 0.417 e. The first-order valence-corrected chi connectivity index (χ1v) is 16.5. The molecule has 3 heterocycles. The van der Waals surface area contributed by atoms with Gasteiger partial charge in [-0.25, -0.2) is 0 Å². The molecule has 0 saturated carbocycles. The van der Waals surface area contributed by atoms with Crippen molar-refractivity contribution in [2.75, 3.05) is 13.7 Å². The summed E-state index contributed by atoms with van der Waals surface area (Å²) in [5, 5.41) is 9.75. The van der Waals surface area contributed by atoms with Crippen molar-refractivity contribution in [1.29, 1.82) is 0 Å². The van der Waals surface area contributed by atoms with Gasteiger partial charge >= 0.3 is 0 Å². The van der Waals surface area contributed by atoms with Crippen LogP contribution in [0.3, 0.4) is 0 Å². The number of rotatable bonds is 12. The molecule has 1 aromatic carbocycles. The number of hydrogen-bond donors (Lipinski definition) is 3. The van der Waals surface area contributed by atoms with E-state index in [1.165, 1.54) is 0 Å². The molecule has 246 valence electrons. The van der Waals surface area contributed by atoms with E-state index in [4.69, 9.17) is 4.84 Å². The molecule has 1 aromatic heterocycles. The van der Waals surface area contributed by atoms with Crippen LogP contribution in [0.2, 0.25) is 0 Å². The highest BCUT2D eigenvalue weighted by Crippen LogP contribution is 2.24. The molecule has 0 spiro atoms. The number of carbonyl (C=O) groups excluding carboxylic acids is 5. The van der Waals surface area contributed by atoms with Gasteiger partial charge in [0.05, 0.1) is 5.52 Å². The van der Waals surface area contributed by atoms with Gasteiger partial charge in [-0.3, -0.25) is 24.0 Å². The van der Waals surface area contributed by atoms with Crippen LogP contribution in [0, 0.1) is 5.92 Å². The molecule has 2 aliphatic heterocycles. The summed E-state index contributed by atoms with van der Waals surface area (Å²) in [6.07, 6.45) is 8.07. The highest BCUT2D eigenvalue weighted by Gasteiger charge is 2.40. The van der Waals surface area contributed by atoms with Crippen LogP contribution in [0.15, 0.2) is 30.5 Å². The Morgan fingerprint density at radius 3 is 2.42 bits per heavy atom. The summed E-state index contributed by atoms with van der Waals surface area (Å²) in [4.78, 5) is 74.5. The van der Waals surface area contributed by atoms with Crippen molar-refractivity contribution in [3.8, 4) is 0 Å². The smallest absolute Gasteiger partial charge is 0.246 e. The SMILES string of the molecule is CCC(=O)CCCCCC1NC(=O)[C@@H]2CCCCN2C(=O)C([C@@H](C)CC)NC(=O)C(Cc2cn(OC)c3ccccc23)NC1=O. The average molecular weight is 624 g/mol. The summed E-state index contributed by atoms with van der Waals surface area (Å²) < 4.78 is 1.62. The van der Waals surface area contributed by atoms with Crippen LogP contribution in [0.25, 0.3) is 10.9 Å². The van der Waals surface area contributed by atoms with Crippen molar-refractivity contribution in [3.63, 3.8) is 0 Å². The van der Waals surface area contributed by atoms with Crippen LogP contribution in [0.4, 0.5) is 0 Å². The molecule has 4 amide bonds. The van der Waals surface area contributed by atoms with Crippen molar-refractivity contribution in [2.24, 2.45) is 5.92 Å². The molecule has 5 atom stereocenters. The quantitative estimate of drug-likeness (QED) is 0.311. The normalized spacial score (nSPS) is 23.7. The fraction of sp³-hybridized carbons (Fsp3) is 0.618. The Kier molecular flexibility index (Phi) is 12.0. The van der Waals surface area contributed by atoms with E-state index < -0.39 is 36.0 Å². The number of unbranched alkanes of at least 4 members (excludes halogenated alkanes) is 2. The lowest BCUT2D eigenvalue weighted by Crippen LogP contribution is -2.64. The summed E-state index contributed by atoms with van der Waals surface area (Å²) in [6.45, 7) is 6.14. The van der Waals surface area contributed by atoms with Crippen molar-refractivity contribution in [2.45, 2.75) is 116 Å². The number of nitrogens with zero attached hydrogens (tertiary/aromatic N) is 2. The van der Waals surface area contributed by atoms with Crippen LogP contribution < -0.4 is 20.8 Å². The van der Waals surface area contributed by atoms with E-state index in [9.17, 15) is 24.0 Å². The van der Waals surface area contributed by atoms with E-state index in [0.29, 0.717) is 51.5 Å². The van der Waals surface area contributed by atoms with E-state index >= 15 is 0 Å². The first-order valence-electron chi connectivity index (χ1n) is 16.5. The van der Waals surface area contributed by atoms with Gasteiger partial charge in [-0.15, -0.1) is 0 Å². The minimum Gasteiger partial charge on any atom is -0.417 e. The summed E-state index contributed by atoms with van der Waals surface area (Å²) in [7, 11) is 1.56. The van der Waals surface area contributed by atoms with Crippen LogP contribution in [0.5, 0.6) is 0 Å². The van der Waals surface area contributed by atoms with Gasteiger partial charge in [-0.1, -0.05) is 58.2 Å². The predicted molar refractivity (Wildman–Crippen MR) is 171 cm³/mol. The maximum atomic E-state index is 14.0. The van der Waals surface area contributed by atoms with Gasteiger partial charge in [-0.05, 0) is 49.7 Å². The van der Waals surface area contributed by atoms with Crippen molar-refractivity contribution >= 4 is 40.3 Å². The monoisotopic (exact) mass is 623 g/mol. The van der Waals surface area contributed by atoms with Gasteiger partial charge in [-0.2, -0.15) is 4.73 Å². The average Bonchev–Trinajstić information content (AvgIpc) is 3.41. The Labute approximate surface area is 265 Å². The van der Waals surface area contributed by atoms with Crippen LogP contribution in [-0.4, -0.2) is 76.9 Å². The summed E-state index contributed by atoms with van der Waals surface area (Å²) >= 11 is 0. The number of Topliss-reactive ketones (excluding diaryl/α,β-unsaturated/α-hetero) is 1. The molecule has 0 bridgehead atoms. The molecule has 11 nitrogen and oxygen atoms in total. The summed E-state index contributed by atoms with van der Waals surface area (Å²) in [6, 6.07) is 4.20. The number of aromatic nitrogens is 1. The Balaban J connectivity index is 1.66. The van der Waals surface area contributed by atoms with Crippen LogP contribution in [-0.2, 0) is 30.4 Å². The highest BCUT2D eigenvalue weighted by molar-refractivity contribution is 5.98. The van der Waals surface area contributed by atoms with Gasteiger partial charge in [0.2, 0.25) is 23.6 Å². The maximum absolute atomic E-state index is 14.0. The second-order valence-electron chi connectivity index (χ2n) is 12.4. The first-order chi connectivity index (χ1) is 21.7. The van der Waals surface area contributed by atoms with E-state index in [-0.39, 0.29) is 29.9 Å². The molecule has 2 saturated heterocycles. The minimum atomic E-state index is -1.01. The Hall–Kier alpha value is -3.89. The van der Waals surface area contributed by atoms with E-state index in [1.807, 2.05) is 45.0 Å². The standard InChI is InChI=1S/C34H49N5O6/c1-5-22(3)30-34(44)38-19-13-12-18-29(38)33(43)35-26(16-9-7-8-14-24(40)6-2)31(41)36-27(32(42)37-30)20-23-21-39(45-4)28-17-11-10-15-25(23)28/h10-11,15,17,21-22,26-27,29-30H,5-9,12-14,16,18-20H2,1-4H3,(H,35,43)(H,36,41)(H,37,42)/t22-,26?,27?,29-,30?/m0/s1. The molecule has 3 N–H and O–H groups in total. The number of hydrogen-bond acceptors (Lipinski definition) is 6. The summed E-state index contributed by atoms with van der Waals surface area (Å²) in [5.74, 6) is -1.50. The predicted octanol–water partition coefficient (Wildman–Crippen LogP) is 3.07. The number of piperidine rings is 1. The third-order valence-corrected chi connectivity index (χ3v) is 9.36. The molecule has 4 rings (SSSR count). The fourth-order valence-electron chi connectivity index (χ4n) is 6.38. The second-order valence-corrected chi connectivity index (χ2v) is 12.4. The lowest BCUT2D eigenvalue weighted by Gasteiger charge is -2.39. The topological polar surface area (TPSA) is 139 Å². The van der Waals surface area contributed by atoms with E-state index in [1.54, 1.807) is 22.9 Å². The molecule has 2 aromatic rings. The number of carbonyl (C=O) groups is 5. The Morgan fingerprint density at radius 2 is 1.69 bits per heavy atom. The number of amides is 4. The highest BCUT2D eigenvalue weighted by atomic mass is 16.6. The van der Waals surface area contributed by atoms with Gasteiger partial charge in [0.15, 0.2) is 0 Å². The van der Waals surface area contributed by atoms with E-state index in [0.717, 1.165) is 35.7 Å². The Morgan fingerprint density at radius 1 is 0.956 bits per heavy atom. The summed E-state index contributed by atoms with van der Waals surface area (Å²) in [5.41, 5.74) is 1.62. The molecule has 0 aliphatic carbocycles. The third kappa shape index (κ3) is 8.23. The molecule has 2 aliphatic rings. The number of para-hydroxylation sites is 1. The minimum absolute atomic E-state index is 0.155. The van der Waals surface area contributed by atoms with Gasteiger partial charge in [0.1, 0.15) is 37.1 Å². The van der Waals surface area contributed by atoms with Crippen molar-refractivity contribution < 1.29 is 28.8 Å². The number of nitrogens with one attached hydrogen (secondary N) is 3. The fourth-order valence-corrected chi connectivity index (χ4v) is 6.38. The third-order valence-electron chi connectivity index (χ3n) is 9.36. The molecular formula is C34H49N5O6. The van der Waals surface area contributed by atoms with Crippen LogP contribution in [0.1, 0.15) is 90.5 Å². The molecule has 11 heteroatoms. The maximum Gasteiger partial charge on any atom is 0.246 e. The molecule has 0 radical (unpaired) electrons. The zero-order valence-corrected chi connectivity index (χ0v) is 27.1. The Bertz CT molecular complexity index is 1370. The second kappa shape index (κ2) is 15.9. The zero-order valence-electron chi connectivity index (χ0n) is 27.1. The number of fused-ring (bicyclic) bond motifs is 2. The lowest BCUT2D eigenvalue weighted by atomic mass is 9.93. The number of ketones is 1. The van der Waals surface area contributed by atoms with E-state index in [2.05, 4.69) is 16.0 Å². The lowest BCUT2D eigenvalue weighted by molar-refractivity contribution is -0.147. The zero-order chi connectivity index (χ0) is 32.5. The van der Waals surface area contributed by atoms with Gasteiger partial charge < -0.3 is 25.7 Å². The molecule has 45 heavy (non-hydrogen) atoms. The van der Waals surface area contributed by atoms with Crippen LogP contribution >= 0.6 is 0 Å². The van der Waals surface area contributed by atoms with Gasteiger partial charge in [0, 0.05) is 37.4 Å². The van der Waals surface area contributed by atoms with Crippen molar-refractivity contribution in [1.82, 2.24) is 25.6 Å². The molecule has 2 fully saturated rings. The first kappa shape index (κ1) is 34.0. The number of benzene rings is 1. The van der Waals surface area contributed by atoms with Gasteiger partial charge in [0.25, 0.3) is 0 Å².